The van der Waals surface area contributed by atoms with Gasteiger partial charge in [-0.3, -0.25) is 0 Å². The van der Waals surface area contributed by atoms with Crippen molar-refractivity contribution in [3.63, 3.8) is 0 Å². The Bertz CT molecular complexity index is 1430. The van der Waals surface area contributed by atoms with E-state index in [1.165, 1.54) is 16.3 Å². The summed E-state index contributed by atoms with van der Waals surface area (Å²) in [6, 6.07) is 29.2. The molecule has 4 heteroatoms. The maximum Gasteiger partial charge on any atom is 0.161 e. The molecule has 0 amide bonds. The van der Waals surface area contributed by atoms with Crippen LogP contribution in [-0.2, 0) is 19.6 Å². The molecule has 0 fully saturated rings. The molecule has 0 unspecified atom stereocenters. The predicted octanol–water partition coefficient (Wildman–Crippen LogP) is 6.55. The molecule has 1 heterocycles. The van der Waals surface area contributed by atoms with Crippen molar-refractivity contribution in [1.82, 2.24) is 9.55 Å². The molecule has 0 saturated heterocycles. The first kappa shape index (κ1) is 20.8. The standard InChI is InChI=1S/C29H26N2O2/c1-3-8-21-14-16-27(28(18-21)32-2)33-20-29-30-25-11-6-7-12-26(25)31(29)19-22-13-15-23-9-4-5-10-24(23)17-22/h3-7,9-18H,1,8,19-20H2,2H3. The molecule has 4 nitrogen and oxygen atoms in total. The maximum atomic E-state index is 6.19. The highest BCUT2D eigenvalue weighted by Crippen LogP contribution is 2.30. The van der Waals surface area contributed by atoms with Crippen molar-refractivity contribution in [2.24, 2.45) is 0 Å². The molecule has 0 aliphatic carbocycles. The number of benzene rings is 4. The van der Waals surface area contributed by atoms with Crippen LogP contribution < -0.4 is 9.47 Å². The van der Waals surface area contributed by atoms with Crippen molar-refractivity contribution in [3.8, 4) is 11.5 Å². The number of ether oxygens (including phenoxy) is 2. The van der Waals surface area contributed by atoms with Crippen LogP contribution in [0.2, 0.25) is 0 Å². The van der Waals surface area contributed by atoms with Gasteiger partial charge in [-0.2, -0.15) is 0 Å². The fourth-order valence-electron chi connectivity index (χ4n) is 4.20. The Morgan fingerprint density at radius 1 is 0.848 bits per heavy atom. The van der Waals surface area contributed by atoms with Gasteiger partial charge in [0.05, 0.1) is 18.1 Å². The summed E-state index contributed by atoms with van der Waals surface area (Å²) in [4.78, 5) is 4.87. The highest BCUT2D eigenvalue weighted by molar-refractivity contribution is 5.83. The molecule has 164 valence electrons. The van der Waals surface area contributed by atoms with Crippen molar-refractivity contribution in [1.29, 1.82) is 0 Å². The smallest absolute Gasteiger partial charge is 0.161 e. The van der Waals surface area contributed by atoms with Gasteiger partial charge in [0.15, 0.2) is 11.5 Å². The Kier molecular flexibility index (Phi) is 5.81. The van der Waals surface area contributed by atoms with Crippen LogP contribution in [0.3, 0.4) is 0 Å². The lowest BCUT2D eigenvalue weighted by Crippen LogP contribution is -2.09. The first-order chi connectivity index (χ1) is 16.2. The minimum atomic E-state index is 0.347. The zero-order valence-electron chi connectivity index (χ0n) is 18.7. The number of hydrogen-bond donors (Lipinski definition) is 0. The number of fused-ring (bicyclic) bond motifs is 2. The Morgan fingerprint density at radius 2 is 1.64 bits per heavy atom. The van der Waals surface area contributed by atoms with E-state index in [9.17, 15) is 0 Å². The summed E-state index contributed by atoms with van der Waals surface area (Å²) >= 11 is 0. The van der Waals surface area contributed by atoms with Crippen LogP contribution in [-0.4, -0.2) is 16.7 Å². The Morgan fingerprint density at radius 3 is 2.48 bits per heavy atom. The number of nitrogens with zero attached hydrogens (tertiary/aromatic N) is 2. The number of methoxy groups -OCH3 is 1. The second-order valence-corrected chi connectivity index (χ2v) is 8.05. The molecule has 0 spiro atoms. The lowest BCUT2D eigenvalue weighted by molar-refractivity contribution is 0.272. The molecule has 1 aromatic heterocycles. The van der Waals surface area contributed by atoms with E-state index in [4.69, 9.17) is 14.5 Å². The van der Waals surface area contributed by atoms with Crippen molar-refractivity contribution in [2.75, 3.05) is 7.11 Å². The van der Waals surface area contributed by atoms with Crippen LogP contribution in [0, 0.1) is 0 Å². The van der Waals surface area contributed by atoms with Gasteiger partial charge in [0.1, 0.15) is 12.4 Å². The monoisotopic (exact) mass is 434 g/mol. The number of para-hydroxylation sites is 2. The van der Waals surface area contributed by atoms with E-state index in [-0.39, 0.29) is 0 Å². The van der Waals surface area contributed by atoms with E-state index in [0.717, 1.165) is 35.4 Å². The third-order valence-corrected chi connectivity index (χ3v) is 5.85. The first-order valence-electron chi connectivity index (χ1n) is 11.1. The fourth-order valence-corrected chi connectivity index (χ4v) is 4.20. The van der Waals surface area contributed by atoms with Crippen LogP contribution in [0.4, 0.5) is 0 Å². The molecule has 5 aromatic rings. The van der Waals surface area contributed by atoms with Crippen LogP contribution >= 0.6 is 0 Å². The first-order valence-corrected chi connectivity index (χ1v) is 11.1. The van der Waals surface area contributed by atoms with E-state index in [2.05, 4.69) is 59.7 Å². The number of hydrogen-bond acceptors (Lipinski definition) is 3. The molecule has 0 N–H and O–H groups in total. The SMILES string of the molecule is C=CCc1ccc(OCc2nc3ccccc3n2Cc2ccc3ccccc3c2)c(OC)c1. The van der Waals surface area contributed by atoms with Crippen molar-refractivity contribution in [2.45, 2.75) is 19.6 Å². The second kappa shape index (κ2) is 9.21. The summed E-state index contributed by atoms with van der Waals surface area (Å²) in [6.07, 6.45) is 2.67. The molecule has 0 aliphatic rings. The van der Waals surface area contributed by atoms with Gasteiger partial charge in [-0.15, -0.1) is 6.58 Å². The highest BCUT2D eigenvalue weighted by Gasteiger charge is 2.13. The van der Waals surface area contributed by atoms with Crippen molar-refractivity contribution < 1.29 is 9.47 Å². The number of imidazole rings is 1. The topological polar surface area (TPSA) is 36.3 Å². The van der Waals surface area contributed by atoms with Gasteiger partial charge < -0.3 is 14.0 Å². The van der Waals surface area contributed by atoms with Gasteiger partial charge >= 0.3 is 0 Å². The molecule has 0 aliphatic heterocycles. The lowest BCUT2D eigenvalue weighted by Gasteiger charge is -2.14. The normalized spacial score (nSPS) is 11.1. The molecular weight excluding hydrogens is 408 g/mol. The Hall–Kier alpha value is -4.05. The third kappa shape index (κ3) is 4.33. The molecule has 0 bridgehead atoms. The van der Waals surface area contributed by atoms with Gasteiger partial charge in [-0.1, -0.05) is 60.7 Å². The highest BCUT2D eigenvalue weighted by atomic mass is 16.5. The molecule has 4 aromatic carbocycles. The summed E-state index contributed by atoms with van der Waals surface area (Å²) < 4.78 is 14.0. The zero-order valence-corrected chi connectivity index (χ0v) is 18.7. The summed E-state index contributed by atoms with van der Waals surface area (Å²) in [5.41, 5.74) is 4.42. The third-order valence-electron chi connectivity index (χ3n) is 5.85. The van der Waals surface area contributed by atoms with Crippen molar-refractivity contribution in [3.05, 3.63) is 115 Å². The van der Waals surface area contributed by atoms with Gasteiger partial charge in [0.2, 0.25) is 0 Å². The van der Waals surface area contributed by atoms with Gasteiger partial charge in [-0.05, 0) is 58.7 Å². The fraction of sp³-hybridized carbons (Fsp3) is 0.138. The van der Waals surface area contributed by atoms with E-state index in [1.54, 1.807) is 7.11 Å². The molecule has 0 saturated carbocycles. The number of allylic oxidation sites excluding steroid dienone is 1. The molecule has 0 radical (unpaired) electrons. The average molecular weight is 435 g/mol. The van der Waals surface area contributed by atoms with Gasteiger partial charge in [0, 0.05) is 6.54 Å². The van der Waals surface area contributed by atoms with Crippen LogP contribution in [0.15, 0.2) is 97.6 Å². The minimum absolute atomic E-state index is 0.347. The summed E-state index contributed by atoms with van der Waals surface area (Å²) in [7, 11) is 1.66. The average Bonchev–Trinajstić information content (AvgIpc) is 3.20. The van der Waals surface area contributed by atoms with Crippen LogP contribution in [0.25, 0.3) is 21.8 Å². The zero-order chi connectivity index (χ0) is 22.6. The van der Waals surface area contributed by atoms with Gasteiger partial charge in [-0.25, -0.2) is 4.98 Å². The largest absolute Gasteiger partial charge is 0.493 e. The van der Waals surface area contributed by atoms with Crippen molar-refractivity contribution >= 4 is 21.8 Å². The molecular formula is C29H26N2O2. The van der Waals surface area contributed by atoms with E-state index in [1.807, 2.05) is 42.5 Å². The maximum absolute atomic E-state index is 6.19. The lowest BCUT2D eigenvalue weighted by atomic mass is 10.1. The molecule has 5 rings (SSSR count). The number of aromatic nitrogens is 2. The Balaban J connectivity index is 1.46. The Labute approximate surface area is 193 Å². The number of rotatable bonds is 8. The predicted molar refractivity (Wildman–Crippen MR) is 134 cm³/mol. The minimum Gasteiger partial charge on any atom is -0.493 e. The summed E-state index contributed by atoms with van der Waals surface area (Å²) in [5, 5.41) is 2.48. The second-order valence-electron chi connectivity index (χ2n) is 8.05. The quantitative estimate of drug-likeness (QED) is 0.260. The molecule has 0 atom stereocenters. The van der Waals surface area contributed by atoms with Gasteiger partial charge in [0.25, 0.3) is 0 Å². The van der Waals surface area contributed by atoms with Crippen LogP contribution in [0.5, 0.6) is 11.5 Å². The summed E-state index contributed by atoms with van der Waals surface area (Å²) in [6.45, 7) is 4.88. The van der Waals surface area contributed by atoms with E-state index < -0.39 is 0 Å². The van der Waals surface area contributed by atoms with Crippen LogP contribution in [0.1, 0.15) is 17.0 Å². The summed E-state index contributed by atoms with van der Waals surface area (Å²) in [5.74, 6) is 2.29. The van der Waals surface area contributed by atoms with E-state index >= 15 is 0 Å². The molecule has 33 heavy (non-hydrogen) atoms. The van der Waals surface area contributed by atoms with E-state index in [0.29, 0.717) is 18.1 Å².